The zero-order chi connectivity index (χ0) is 28.4. The van der Waals surface area contributed by atoms with E-state index < -0.39 is 16.1 Å². The Bertz CT molecular complexity index is 1190. The highest BCUT2D eigenvalue weighted by atomic mass is 32.2. The van der Waals surface area contributed by atoms with E-state index in [1.807, 2.05) is 62.4 Å². The highest BCUT2D eigenvalue weighted by Crippen LogP contribution is 2.22. The van der Waals surface area contributed by atoms with Crippen molar-refractivity contribution in [3.8, 4) is 0 Å². The van der Waals surface area contributed by atoms with Crippen LogP contribution in [0.4, 0.5) is 5.69 Å². The van der Waals surface area contributed by atoms with Gasteiger partial charge < -0.3 is 10.2 Å². The molecule has 7 nitrogen and oxygen atoms in total. The Morgan fingerprint density at radius 1 is 1.00 bits per heavy atom. The average Bonchev–Trinajstić information content (AvgIpc) is 2.92. The van der Waals surface area contributed by atoms with Crippen molar-refractivity contribution in [1.29, 1.82) is 0 Å². The molecule has 1 atom stereocenters. The molecule has 0 spiro atoms. The highest BCUT2D eigenvalue weighted by Gasteiger charge is 2.30. The predicted octanol–water partition coefficient (Wildman–Crippen LogP) is 5.36. The lowest BCUT2D eigenvalue weighted by Gasteiger charge is -2.33. The van der Waals surface area contributed by atoms with Gasteiger partial charge in [-0.3, -0.25) is 13.9 Å². The summed E-state index contributed by atoms with van der Waals surface area (Å²) in [6.07, 6.45) is 8.47. The Hall–Kier alpha value is -2.87. The Balaban J connectivity index is 1.75. The summed E-state index contributed by atoms with van der Waals surface area (Å²) in [5, 5.41) is 3.21. The largest absolute Gasteiger partial charge is 0.352 e. The van der Waals surface area contributed by atoms with Gasteiger partial charge in [0.25, 0.3) is 0 Å². The quantitative estimate of drug-likeness (QED) is 0.361. The Kier molecular flexibility index (Phi) is 11.4. The van der Waals surface area contributed by atoms with Crippen molar-refractivity contribution >= 4 is 27.5 Å². The number of hydrogen-bond donors (Lipinski definition) is 1. The lowest BCUT2D eigenvalue weighted by Crippen LogP contribution is -2.51. The van der Waals surface area contributed by atoms with Gasteiger partial charge in [0, 0.05) is 25.6 Å². The number of carbonyl (C=O) groups excluding carboxylic acids is 2. The monoisotopic (exact) mass is 555 g/mol. The van der Waals surface area contributed by atoms with Gasteiger partial charge in [-0.2, -0.15) is 0 Å². The van der Waals surface area contributed by atoms with Crippen LogP contribution in [0.5, 0.6) is 0 Å². The number of nitrogens with zero attached hydrogens (tertiary/aromatic N) is 2. The van der Waals surface area contributed by atoms with E-state index in [9.17, 15) is 18.0 Å². The van der Waals surface area contributed by atoms with E-state index in [-0.39, 0.29) is 30.8 Å². The van der Waals surface area contributed by atoms with Gasteiger partial charge in [-0.05, 0) is 67.9 Å². The van der Waals surface area contributed by atoms with Crippen LogP contribution in [0.2, 0.25) is 0 Å². The number of rotatable bonds is 13. The second-order valence-electron chi connectivity index (χ2n) is 10.7. The van der Waals surface area contributed by atoms with Crippen molar-refractivity contribution in [2.45, 2.75) is 97.2 Å². The van der Waals surface area contributed by atoms with Crippen molar-refractivity contribution in [3.05, 3.63) is 65.2 Å². The Morgan fingerprint density at radius 3 is 2.26 bits per heavy atom. The first-order valence-corrected chi connectivity index (χ1v) is 16.2. The van der Waals surface area contributed by atoms with Gasteiger partial charge in [0.2, 0.25) is 21.8 Å². The number of nitrogens with one attached hydrogen (secondary N) is 1. The van der Waals surface area contributed by atoms with Crippen LogP contribution in [0.25, 0.3) is 0 Å². The summed E-state index contributed by atoms with van der Waals surface area (Å²) in [6.45, 7) is 6.54. The van der Waals surface area contributed by atoms with Gasteiger partial charge in [0.1, 0.15) is 6.04 Å². The lowest BCUT2D eigenvalue weighted by molar-refractivity contribution is -0.141. The molecule has 0 heterocycles. The van der Waals surface area contributed by atoms with Crippen molar-refractivity contribution in [2.24, 2.45) is 0 Å². The molecule has 3 rings (SSSR count). The third kappa shape index (κ3) is 8.82. The third-order valence-electron chi connectivity index (χ3n) is 7.72. The summed E-state index contributed by atoms with van der Waals surface area (Å²) in [5.41, 5.74) is 3.80. The second kappa shape index (κ2) is 14.5. The fraction of sp³-hybridized carbons (Fsp3) is 0.548. The summed E-state index contributed by atoms with van der Waals surface area (Å²) in [6, 6.07) is 15.0. The summed E-state index contributed by atoms with van der Waals surface area (Å²) in [7, 11) is -3.52. The van der Waals surface area contributed by atoms with E-state index in [2.05, 4.69) is 12.2 Å². The molecule has 2 aromatic carbocycles. The van der Waals surface area contributed by atoms with Gasteiger partial charge in [-0.1, -0.05) is 69.5 Å². The first-order chi connectivity index (χ1) is 18.6. The molecule has 214 valence electrons. The first kappa shape index (κ1) is 30.7. The molecule has 8 heteroatoms. The minimum absolute atomic E-state index is 0.0971. The molecule has 0 bridgehead atoms. The molecule has 0 aromatic heterocycles. The lowest BCUT2D eigenvalue weighted by atomic mass is 9.95. The minimum Gasteiger partial charge on any atom is -0.352 e. The molecule has 2 aromatic rings. The van der Waals surface area contributed by atoms with Gasteiger partial charge in [0.05, 0.1) is 11.9 Å². The van der Waals surface area contributed by atoms with E-state index in [1.165, 1.54) is 17.0 Å². The van der Waals surface area contributed by atoms with Gasteiger partial charge in [-0.25, -0.2) is 8.42 Å². The van der Waals surface area contributed by atoms with Crippen molar-refractivity contribution in [3.63, 3.8) is 0 Å². The van der Waals surface area contributed by atoms with Crippen LogP contribution in [0.1, 0.15) is 81.9 Å². The number of amides is 2. The normalized spacial score (nSPS) is 15.0. The number of anilines is 1. The van der Waals surface area contributed by atoms with E-state index >= 15 is 0 Å². The molecule has 39 heavy (non-hydrogen) atoms. The number of hydrogen-bond acceptors (Lipinski definition) is 4. The SMILES string of the molecule is CCc1ccc(N(CCCC(=O)N(Cc2ccccc2C)[C@@H](CC)C(=O)NC2CCCCC2)S(C)(=O)=O)cc1. The van der Waals surface area contributed by atoms with E-state index in [0.717, 1.165) is 48.8 Å². The molecule has 0 unspecified atom stereocenters. The number of carbonyl (C=O) groups is 2. The first-order valence-electron chi connectivity index (χ1n) is 14.3. The highest BCUT2D eigenvalue weighted by molar-refractivity contribution is 7.92. The fourth-order valence-electron chi connectivity index (χ4n) is 5.34. The zero-order valence-corrected chi connectivity index (χ0v) is 24.8. The van der Waals surface area contributed by atoms with Crippen molar-refractivity contribution < 1.29 is 18.0 Å². The molecular weight excluding hydrogens is 510 g/mol. The number of sulfonamides is 1. The van der Waals surface area contributed by atoms with Crippen LogP contribution in [-0.4, -0.2) is 50.0 Å². The molecule has 0 saturated heterocycles. The van der Waals surface area contributed by atoms with Crippen LogP contribution in [0.3, 0.4) is 0 Å². The number of benzene rings is 2. The smallest absolute Gasteiger partial charge is 0.243 e. The van der Waals surface area contributed by atoms with Crippen LogP contribution in [0.15, 0.2) is 48.5 Å². The van der Waals surface area contributed by atoms with Crippen LogP contribution >= 0.6 is 0 Å². The standard InChI is InChI=1S/C31H45N3O4S/c1-5-25-18-20-28(21-19-25)34(39(4,37)38)22-12-17-30(35)33(23-26-14-11-10-13-24(26)3)29(6-2)31(36)32-27-15-8-7-9-16-27/h10-11,13-14,18-21,27,29H,5-9,12,15-17,22-23H2,1-4H3,(H,32,36)/t29-/m0/s1. The molecule has 2 amide bonds. The molecular formula is C31H45N3O4S. The van der Waals surface area contributed by atoms with E-state index in [4.69, 9.17) is 0 Å². The average molecular weight is 556 g/mol. The third-order valence-corrected chi connectivity index (χ3v) is 8.92. The maximum absolute atomic E-state index is 13.7. The molecule has 0 radical (unpaired) electrons. The Labute approximate surface area is 235 Å². The minimum atomic E-state index is -3.52. The molecule has 0 aliphatic heterocycles. The summed E-state index contributed by atoms with van der Waals surface area (Å²) in [5.74, 6) is -0.237. The zero-order valence-electron chi connectivity index (χ0n) is 24.0. The predicted molar refractivity (Wildman–Crippen MR) is 158 cm³/mol. The second-order valence-corrected chi connectivity index (χ2v) is 12.6. The van der Waals surface area contributed by atoms with E-state index in [1.54, 1.807) is 4.90 Å². The fourth-order valence-corrected chi connectivity index (χ4v) is 6.30. The molecule has 1 aliphatic carbocycles. The number of aryl methyl sites for hydroxylation is 2. The molecule has 1 fully saturated rings. The summed E-state index contributed by atoms with van der Waals surface area (Å²) < 4.78 is 26.5. The summed E-state index contributed by atoms with van der Waals surface area (Å²) >= 11 is 0. The Morgan fingerprint density at radius 2 is 1.67 bits per heavy atom. The van der Waals surface area contributed by atoms with Gasteiger partial charge >= 0.3 is 0 Å². The van der Waals surface area contributed by atoms with Gasteiger partial charge in [0.15, 0.2) is 0 Å². The van der Waals surface area contributed by atoms with Crippen LogP contribution < -0.4 is 9.62 Å². The molecule has 1 saturated carbocycles. The van der Waals surface area contributed by atoms with Crippen molar-refractivity contribution in [2.75, 3.05) is 17.1 Å². The van der Waals surface area contributed by atoms with Crippen LogP contribution in [0, 0.1) is 6.92 Å². The summed E-state index contributed by atoms with van der Waals surface area (Å²) in [4.78, 5) is 28.8. The molecule has 1 N–H and O–H groups in total. The van der Waals surface area contributed by atoms with Crippen LogP contribution in [-0.2, 0) is 32.6 Å². The van der Waals surface area contributed by atoms with Gasteiger partial charge in [-0.15, -0.1) is 0 Å². The topological polar surface area (TPSA) is 86.8 Å². The maximum Gasteiger partial charge on any atom is 0.243 e. The van der Waals surface area contributed by atoms with E-state index in [0.29, 0.717) is 25.1 Å². The van der Waals surface area contributed by atoms with Crippen molar-refractivity contribution in [1.82, 2.24) is 10.2 Å². The maximum atomic E-state index is 13.7. The molecule has 1 aliphatic rings.